The molecule has 0 unspecified atom stereocenters. The Labute approximate surface area is 107 Å². The molecule has 3 nitrogen and oxygen atoms in total. The van der Waals surface area contributed by atoms with Crippen molar-refractivity contribution in [3.63, 3.8) is 0 Å². The molecule has 1 heterocycles. The van der Waals surface area contributed by atoms with Crippen LogP contribution in [0.3, 0.4) is 0 Å². The summed E-state index contributed by atoms with van der Waals surface area (Å²) in [6.45, 7) is 0. The molecule has 1 aromatic carbocycles. The summed E-state index contributed by atoms with van der Waals surface area (Å²) >= 11 is 0. The van der Waals surface area contributed by atoms with E-state index in [0.717, 1.165) is 0 Å². The van der Waals surface area contributed by atoms with Crippen LogP contribution in [0.15, 0.2) is 42.6 Å². The fraction of sp³-hybridized carbons (Fsp3) is 0.154. The molecular formula is C13H10F3NO2. The molecule has 1 aromatic heterocycles. The number of aromatic nitrogens is 1. The SMILES string of the molecule is COc1ncccc1-c1ccc(OC(F)(F)F)cc1. The van der Waals surface area contributed by atoms with Crippen LogP contribution in [-0.2, 0) is 0 Å². The molecule has 0 fully saturated rings. The maximum atomic E-state index is 12.0. The minimum Gasteiger partial charge on any atom is -0.481 e. The Balaban J connectivity index is 2.27. The van der Waals surface area contributed by atoms with E-state index in [1.807, 2.05) is 0 Å². The Hall–Kier alpha value is -2.24. The van der Waals surface area contributed by atoms with Gasteiger partial charge in [-0.25, -0.2) is 4.98 Å². The van der Waals surface area contributed by atoms with Crippen LogP contribution < -0.4 is 9.47 Å². The number of rotatable bonds is 3. The zero-order chi connectivity index (χ0) is 13.9. The van der Waals surface area contributed by atoms with Crippen molar-refractivity contribution >= 4 is 0 Å². The Morgan fingerprint density at radius 1 is 1.05 bits per heavy atom. The number of pyridine rings is 1. The first-order chi connectivity index (χ1) is 8.99. The van der Waals surface area contributed by atoms with Gasteiger partial charge < -0.3 is 9.47 Å². The van der Waals surface area contributed by atoms with Gasteiger partial charge in [0.2, 0.25) is 5.88 Å². The van der Waals surface area contributed by atoms with Gasteiger partial charge in [-0.3, -0.25) is 0 Å². The number of alkyl halides is 3. The van der Waals surface area contributed by atoms with E-state index in [1.54, 1.807) is 18.3 Å². The van der Waals surface area contributed by atoms with Gasteiger partial charge in [0.25, 0.3) is 0 Å². The van der Waals surface area contributed by atoms with Crippen molar-refractivity contribution in [1.82, 2.24) is 4.98 Å². The van der Waals surface area contributed by atoms with Crippen molar-refractivity contribution in [1.29, 1.82) is 0 Å². The van der Waals surface area contributed by atoms with Crippen molar-refractivity contribution in [2.24, 2.45) is 0 Å². The first-order valence-electron chi connectivity index (χ1n) is 5.35. The Morgan fingerprint density at radius 2 is 1.74 bits per heavy atom. The average Bonchev–Trinajstić information content (AvgIpc) is 2.38. The second-order valence-corrected chi connectivity index (χ2v) is 3.63. The van der Waals surface area contributed by atoms with Crippen LogP contribution >= 0.6 is 0 Å². The second-order valence-electron chi connectivity index (χ2n) is 3.63. The maximum Gasteiger partial charge on any atom is 0.573 e. The number of methoxy groups -OCH3 is 1. The normalized spacial score (nSPS) is 11.2. The zero-order valence-corrected chi connectivity index (χ0v) is 9.94. The fourth-order valence-electron chi connectivity index (χ4n) is 1.61. The number of hydrogen-bond acceptors (Lipinski definition) is 3. The molecule has 6 heteroatoms. The number of hydrogen-bond donors (Lipinski definition) is 0. The fourth-order valence-corrected chi connectivity index (χ4v) is 1.61. The largest absolute Gasteiger partial charge is 0.573 e. The lowest BCUT2D eigenvalue weighted by molar-refractivity contribution is -0.274. The maximum absolute atomic E-state index is 12.0. The van der Waals surface area contributed by atoms with Crippen LogP contribution in [0.25, 0.3) is 11.1 Å². The molecule has 0 radical (unpaired) electrons. The number of halogens is 3. The second kappa shape index (κ2) is 5.17. The molecular weight excluding hydrogens is 259 g/mol. The van der Waals surface area contributed by atoms with E-state index in [2.05, 4.69) is 9.72 Å². The first kappa shape index (κ1) is 13.2. The van der Waals surface area contributed by atoms with Crippen LogP contribution in [0, 0.1) is 0 Å². The third-order valence-corrected chi connectivity index (χ3v) is 2.36. The van der Waals surface area contributed by atoms with Gasteiger partial charge in [0.05, 0.1) is 7.11 Å². The molecule has 0 N–H and O–H groups in total. The lowest BCUT2D eigenvalue weighted by atomic mass is 10.1. The van der Waals surface area contributed by atoms with E-state index in [0.29, 0.717) is 17.0 Å². The minimum atomic E-state index is -4.69. The summed E-state index contributed by atoms with van der Waals surface area (Å²) in [5.41, 5.74) is 1.39. The van der Waals surface area contributed by atoms with E-state index in [9.17, 15) is 13.2 Å². The molecule has 0 aliphatic heterocycles. The predicted octanol–water partition coefficient (Wildman–Crippen LogP) is 3.66. The summed E-state index contributed by atoms with van der Waals surface area (Å²) in [5.74, 6) is 0.145. The highest BCUT2D eigenvalue weighted by molar-refractivity contribution is 5.68. The Bertz CT molecular complexity index is 553. The molecule has 0 aliphatic rings. The van der Waals surface area contributed by atoms with Crippen molar-refractivity contribution in [2.75, 3.05) is 7.11 Å². The lowest BCUT2D eigenvalue weighted by Gasteiger charge is -2.10. The van der Waals surface area contributed by atoms with Gasteiger partial charge in [-0.2, -0.15) is 0 Å². The predicted molar refractivity (Wildman–Crippen MR) is 62.9 cm³/mol. The van der Waals surface area contributed by atoms with Crippen LogP contribution in [0.1, 0.15) is 0 Å². The molecule has 2 aromatic rings. The van der Waals surface area contributed by atoms with Crippen LogP contribution in [0.4, 0.5) is 13.2 Å². The summed E-state index contributed by atoms with van der Waals surface area (Å²) in [7, 11) is 1.48. The first-order valence-corrected chi connectivity index (χ1v) is 5.35. The summed E-state index contributed by atoms with van der Waals surface area (Å²) in [4.78, 5) is 4.02. The van der Waals surface area contributed by atoms with Gasteiger partial charge in [-0.05, 0) is 29.8 Å². The van der Waals surface area contributed by atoms with Gasteiger partial charge in [0.15, 0.2) is 0 Å². The van der Waals surface area contributed by atoms with E-state index in [1.165, 1.54) is 31.4 Å². The zero-order valence-electron chi connectivity index (χ0n) is 9.94. The molecule has 0 saturated heterocycles. The Kier molecular flexibility index (Phi) is 3.59. The number of ether oxygens (including phenoxy) is 2. The smallest absolute Gasteiger partial charge is 0.481 e. The summed E-state index contributed by atoms with van der Waals surface area (Å²) in [6, 6.07) is 9.01. The summed E-state index contributed by atoms with van der Waals surface area (Å²) in [6.07, 6.45) is -3.11. The third-order valence-electron chi connectivity index (χ3n) is 2.36. The summed E-state index contributed by atoms with van der Waals surface area (Å²) in [5, 5.41) is 0. The van der Waals surface area contributed by atoms with Crippen LogP contribution in [0.5, 0.6) is 11.6 Å². The van der Waals surface area contributed by atoms with Crippen molar-refractivity contribution in [2.45, 2.75) is 6.36 Å². The molecule has 0 atom stereocenters. The molecule has 0 spiro atoms. The number of benzene rings is 1. The Morgan fingerprint density at radius 3 is 2.32 bits per heavy atom. The molecule has 2 rings (SSSR count). The van der Waals surface area contributed by atoms with Crippen molar-refractivity contribution in [3.05, 3.63) is 42.6 Å². The molecule has 19 heavy (non-hydrogen) atoms. The monoisotopic (exact) mass is 269 g/mol. The third kappa shape index (κ3) is 3.37. The molecule has 0 aliphatic carbocycles. The molecule has 100 valence electrons. The number of nitrogens with zero attached hydrogens (tertiary/aromatic N) is 1. The topological polar surface area (TPSA) is 31.4 Å². The van der Waals surface area contributed by atoms with Crippen LogP contribution in [0.2, 0.25) is 0 Å². The van der Waals surface area contributed by atoms with Gasteiger partial charge >= 0.3 is 6.36 Å². The van der Waals surface area contributed by atoms with E-state index in [-0.39, 0.29) is 5.75 Å². The van der Waals surface area contributed by atoms with E-state index in [4.69, 9.17) is 4.74 Å². The quantitative estimate of drug-likeness (QED) is 0.852. The van der Waals surface area contributed by atoms with Gasteiger partial charge in [-0.1, -0.05) is 12.1 Å². The summed E-state index contributed by atoms with van der Waals surface area (Å²) < 4.78 is 45.0. The molecule has 0 amide bonds. The highest BCUT2D eigenvalue weighted by Gasteiger charge is 2.30. The van der Waals surface area contributed by atoms with Gasteiger partial charge in [-0.15, -0.1) is 13.2 Å². The highest BCUT2D eigenvalue weighted by atomic mass is 19.4. The molecule has 0 saturated carbocycles. The van der Waals surface area contributed by atoms with E-state index < -0.39 is 6.36 Å². The standard InChI is InChI=1S/C13H10F3NO2/c1-18-12-11(3-2-8-17-12)9-4-6-10(7-5-9)19-13(14,15)16/h2-8H,1H3. The van der Waals surface area contributed by atoms with E-state index >= 15 is 0 Å². The lowest BCUT2D eigenvalue weighted by Crippen LogP contribution is -2.16. The van der Waals surface area contributed by atoms with Crippen molar-refractivity contribution in [3.8, 4) is 22.8 Å². The van der Waals surface area contributed by atoms with Crippen LogP contribution in [-0.4, -0.2) is 18.5 Å². The highest BCUT2D eigenvalue weighted by Crippen LogP contribution is 2.30. The minimum absolute atomic E-state index is 0.265. The van der Waals surface area contributed by atoms with Crippen molar-refractivity contribution < 1.29 is 22.6 Å². The average molecular weight is 269 g/mol. The van der Waals surface area contributed by atoms with Gasteiger partial charge in [0, 0.05) is 11.8 Å². The molecule has 0 bridgehead atoms. The van der Waals surface area contributed by atoms with Gasteiger partial charge in [0.1, 0.15) is 5.75 Å².